The molecule has 0 amide bonds. The lowest BCUT2D eigenvalue weighted by atomic mass is 9.84. The number of hydrogen-bond acceptors (Lipinski definition) is 2. The van der Waals surface area contributed by atoms with E-state index in [-0.39, 0.29) is 31.7 Å². The van der Waals surface area contributed by atoms with Crippen molar-refractivity contribution in [2.45, 2.75) is 26.2 Å². The molecule has 0 aliphatic carbocycles. The van der Waals surface area contributed by atoms with Crippen LogP contribution in [-0.2, 0) is 17.6 Å². The van der Waals surface area contributed by atoms with Gasteiger partial charge >= 0.3 is 0 Å². The number of benzene rings is 3. The lowest BCUT2D eigenvalue weighted by molar-refractivity contribution is -0.122. The van der Waals surface area contributed by atoms with Crippen LogP contribution in [0.25, 0.3) is 0 Å². The Labute approximate surface area is 180 Å². The Bertz CT molecular complexity index is 895. The number of carbonyl (C=O) groups is 1. The van der Waals surface area contributed by atoms with Crippen molar-refractivity contribution >= 4 is 18.2 Å². The van der Waals surface area contributed by atoms with Crippen LogP contribution in [0.1, 0.15) is 35.6 Å². The van der Waals surface area contributed by atoms with Gasteiger partial charge in [0.15, 0.2) is 0 Å². The first-order chi connectivity index (χ1) is 13.3. The maximum absolute atomic E-state index is 13.0. The molecule has 0 saturated carbocycles. The van der Waals surface area contributed by atoms with Crippen LogP contribution < -0.4 is 5.32 Å². The smallest absolute Gasteiger partial charge is 0.142 e. The van der Waals surface area contributed by atoms with Crippen LogP contribution >= 0.6 is 12.4 Å². The molecular weight excluding hydrogens is 378 g/mol. The Balaban J connectivity index is 0.00000150. The zero-order valence-corrected chi connectivity index (χ0v) is 16.7. The van der Waals surface area contributed by atoms with Gasteiger partial charge in [-0.25, -0.2) is 0 Å². The van der Waals surface area contributed by atoms with Gasteiger partial charge in [0.25, 0.3) is 0 Å². The van der Waals surface area contributed by atoms with Crippen molar-refractivity contribution in [2.75, 3.05) is 13.1 Å². The molecule has 1 fully saturated rings. The van der Waals surface area contributed by atoms with Crippen LogP contribution in [0, 0.1) is 5.92 Å². The lowest BCUT2D eigenvalue weighted by Crippen LogP contribution is -2.23. The molecule has 29 heavy (non-hydrogen) atoms. The van der Waals surface area contributed by atoms with E-state index in [1.807, 2.05) is 12.1 Å². The van der Waals surface area contributed by atoms with E-state index in [1.54, 1.807) is 0 Å². The van der Waals surface area contributed by atoms with Crippen LogP contribution in [-0.4, -0.2) is 18.9 Å². The van der Waals surface area contributed by atoms with Crippen molar-refractivity contribution in [1.82, 2.24) is 5.32 Å². The second-order valence-electron chi connectivity index (χ2n) is 7.41. The molecule has 1 saturated heterocycles. The van der Waals surface area contributed by atoms with Crippen LogP contribution in [0.2, 0.25) is 0 Å². The molecule has 1 aliphatic rings. The number of rotatable bonds is 6. The summed E-state index contributed by atoms with van der Waals surface area (Å²) < 4.78 is 0. The van der Waals surface area contributed by atoms with Gasteiger partial charge in [-0.3, -0.25) is 4.79 Å². The van der Waals surface area contributed by atoms with Crippen LogP contribution in [0.3, 0.4) is 0 Å². The first kappa shape index (κ1) is 22.9. The van der Waals surface area contributed by atoms with Crippen molar-refractivity contribution in [2.24, 2.45) is 5.92 Å². The molecule has 4 rings (SSSR count). The van der Waals surface area contributed by atoms with Gasteiger partial charge in [-0.2, -0.15) is 0 Å². The van der Waals surface area contributed by atoms with Crippen LogP contribution in [0.15, 0.2) is 84.9 Å². The average Bonchev–Trinajstić information content (AvgIpc) is 3.20. The van der Waals surface area contributed by atoms with E-state index in [0.29, 0.717) is 12.2 Å². The molecule has 3 aromatic carbocycles. The minimum absolute atomic E-state index is 0. The highest BCUT2D eigenvalue weighted by Gasteiger charge is 2.33. The van der Waals surface area contributed by atoms with E-state index < -0.39 is 0 Å². The van der Waals surface area contributed by atoms with Gasteiger partial charge < -0.3 is 5.32 Å². The number of hydrogen-bond donors (Lipinski definition) is 1. The average molecular weight is 408 g/mol. The zero-order chi connectivity index (χ0) is 18.5. The topological polar surface area (TPSA) is 29.1 Å². The Kier molecular flexibility index (Phi) is 8.63. The minimum atomic E-state index is 0. The largest absolute Gasteiger partial charge is 0.315 e. The predicted molar refractivity (Wildman–Crippen MR) is 124 cm³/mol. The van der Waals surface area contributed by atoms with Crippen molar-refractivity contribution < 1.29 is 4.79 Å². The number of Topliss-reactive ketones (excluding diaryl/α,β-unsaturated/α-hetero) is 1. The highest BCUT2D eigenvalue weighted by Crippen LogP contribution is 2.29. The molecule has 0 unspecified atom stereocenters. The monoisotopic (exact) mass is 407 g/mol. The van der Waals surface area contributed by atoms with Gasteiger partial charge in [-0.1, -0.05) is 92.4 Å². The summed E-state index contributed by atoms with van der Waals surface area (Å²) in [5, 5.41) is 3.41. The summed E-state index contributed by atoms with van der Waals surface area (Å²) in [4.78, 5) is 13.0. The quantitative estimate of drug-likeness (QED) is 0.588. The number of halogens is 1. The summed E-state index contributed by atoms with van der Waals surface area (Å²) in [5.41, 5.74) is 4.94. The Hall–Kier alpha value is -2.42. The van der Waals surface area contributed by atoms with E-state index in [9.17, 15) is 4.79 Å². The van der Waals surface area contributed by atoms with E-state index >= 15 is 0 Å². The summed E-state index contributed by atoms with van der Waals surface area (Å²) in [6.45, 7) is 1.66. The third kappa shape index (κ3) is 5.79. The minimum Gasteiger partial charge on any atom is -0.315 e. The Morgan fingerprint density at radius 2 is 1.41 bits per heavy atom. The molecule has 1 heterocycles. The molecular formula is C26H30ClNO. The molecule has 3 aromatic rings. The van der Waals surface area contributed by atoms with Gasteiger partial charge in [0.05, 0.1) is 0 Å². The van der Waals surface area contributed by atoms with Gasteiger partial charge in [-0.05, 0) is 28.7 Å². The van der Waals surface area contributed by atoms with Crippen molar-refractivity contribution in [3.05, 3.63) is 107 Å². The fourth-order valence-corrected chi connectivity index (χ4v) is 4.08. The molecule has 0 bridgehead atoms. The summed E-state index contributed by atoms with van der Waals surface area (Å²) in [5.74, 6) is 0.682. The fourth-order valence-electron chi connectivity index (χ4n) is 4.08. The third-order valence-electron chi connectivity index (χ3n) is 5.48. The van der Waals surface area contributed by atoms with Crippen LogP contribution in [0.5, 0.6) is 0 Å². The Morgan fingerprint density at radius 1 is 0.793 bits per heavy atom. The molecule has 152 valence electrons. The number of carbonyl (C=O) groups excluding carboxylic acids is 1. The zero-order valence-electron chi connectivity index (χ0n) is 15.9. The SMILES string of the molecule is C.Cl.O=C(Cc1cccc(Cc2ccccc2)c1)[C@@H]1CNC[C@H]1c1ccccc1. The molecule has 2 atom stereocenters. The van der Waals surface area contributed by atoms with E-state index in [1.165, 1.54) is 16.7 Å². The highest BCUT2D eigenvalue weighted by molar-refractivity contribution is 5.85. The molecule has 0 spiro atoms. The van der Waals surface area contributed by atoms with E-state index in [0.717, 1.165) is 25.1 Å². The third-order valence-corrected chi connectivity index (χ3v) is 5.48. The standard InChI is InChI=1S/C25H25NO.CH4.ClH/c27-25(24-18-26-17-23(24)22-12-5-2-6-13-22)16-21-11-7-10-20(15-21)14-19-8-3-1-4-9-19;;/h1-13,15,23-24,26H,14,16-18H2;1H4;1H/t23-,24+;;/m0../s1. The highest BCUT2D eigenvalue weighted by atomic mass is 35.5. The molecule has 1 aliphatic heterocycles. The molecule has 2 nitrogen and oxygen atoms in total. The van der Waals surface area contributed by atoms with E-state index in [2.05, 4.69) is 78.1 Å². The summed E-state index contributed by atoms with van der Waals surface area (Å²) in [6.07, 6.45) is 1.42. The molecule has 0 aromatic heterocycles. The first-order valence-electron chi connectivity index (χ1n) is 9.70. The van der Waals surface area contributed by atoms with E-state index in [4.69, 9.17) is 0 Å². The van der Waals surface area contributed by atoms with Gasteiger partial charge in [0, 0.05) is 31.3 Å². The predicted octanol–water partition coefficient (Wildman–Crippen LogP) is 5.45. The molecule has 1 N–H and O–H groups in total. The second kappa shape index (κ2) is 10.9. The maximum Gasteiger partial charge on any atom is 0.142 e. The normalized spacial score (nSPS) is 17.8. The van der Waals surface area contributed by atoms with Crippen molar-refractivity contribution in [3.8, 4) is 0 Å². The number of nitrogens with one attached hydrogen (secondary N) is 1. The summed E-state index contributed by atoms with van der Waals surface area (Å²) in [6, 6.07) is 29.4. The summed E-state index contributed by atoms with van der Waals surface area (Å²) >= 11 is 0. The number of ketones is 1. The Morgan fingerprint density at radius 3 is 2.14 bits per heavy atom. The van der Waals surface area contributed by atoms with Gasteiger partial charge in [-0.15, -0.1) is 12.4 Å². The van der Waals surface area contributed by atoms with Crippen molar-refractivity contribution in [3.63, 3.8) is 0 Å². The lowest BCUT2D eigenvalue weighted by Gasteiger charge is -2.18. The maximum atomic E-state index is 13.0. The molecule has 0 radical (unpaired) electrons. The second-order valence-corrected chi connectivity index (χ2v) is 7.41. The van der Waals surface area contributed by atoms with Crippen LogP contribution in [0.4, 0.5) is 0 Å². The van der Waals surface area contributed by atoms with Gasteiger partial charge in [0.2, 0.25) is 0 Å². The fraction of sp³-hybridized carbons (Fsp3) is 0.269. The molecule has 3 heteroatoms. The van der Waals surface area contributed by atoms with Crippen molar-refractivity contribution in [1.29, 1.82) is 0 Å². The summed E-state index contributed by atoms with van der Waals surface area (Å²) in [7, 11) is 0. The van der Waals surface area contributed by atoms with Gasteiger partial charge in [0.1, 0.15) is 5.78 Å². The first-order valence-corrected chi connectivity index (χ1v) is 9.70.